The van der Waals surface area contributed by atoms with Gasteiger partial charge in [-0.1, -0.05) is 0 Å². The number of nitrogens with two attached hydrogens (primary N) is 1. The van der Waals surface area contributed by atoms with Crippen molar-refractivity contribution in [3.8, 4) is 0 Å². The summed E-state index contributed by atoms with van der Waals surface area (Å²) in [6, 6.07) is 5.40. The van der Waals surface area contributed by atoms with Crippen LogP contribution in [0, 0.1) is 0 Å². The monoisotopic (exact) mass is 311 g/mol. The molecule has 8 nitrogen and oxygen atoms in total. The number of primary sulfonamides is 1. The van der Waals surface area contributed by atoms with Gasteiger partial charge in [-0.3, -0.25) is 9.59 Å². The number of amides is 1. The van der Waals surface area contributed by atoms with Gasteiger partial charge < -0.3 is 4.74 Å². The maximum Gasteiger partial charge on any atom is 0.311 e. The lowest BCUT2D eigenvalue weighted by Gasteiger charge is -2.11. The molecular formula is C12H13N3O5S. The van der Waals surface area contributed by atoms with Gasteiger partial charge in [-0.05, 0) is 24.3 Å². The smallest absolute Gasteiger partial charge is 0.311 e. The molecule has 0 atom stereocenters. The number of anilines is 1. The van der Waals surface area contributed by atoms with Crippen LogP contribution in [0.1, 0.15) is 12.8 Å². The molecule has 9 heteroatoms. The number of sulfonamides is 1. The average molecular weight is 311 g/mol. The number of hydrogen-bond donors (Lipinski definition) is 1. The molecule has 112 valence electrons. The molecule has 2 rings (SSSR count). The van der Waals surface area contributed by atoms with Gasteiger partial charge >= 0.3 is 5.97 Å². The number of esters is 1. The molecule has 0 spiro atoms. The maximum atomic E-state index is 11.9. The van der Waals surface area contributed by atoms with E-state index in [1.54, 1.807) is 0 Å². The molecule has 0 radical (unpaired) electrons. The fourth-order valence-electron chi connectivity index (χ4n) is 1.80. The summed E-state index contributed by atoms with van der Waals surface area (Å²) in [6.45, 7) is 0. The summed E-state index contributed by atoms with van der Waals surface area (Å²) in [6.07, 6.45) is -0.0416. The van der Waals surface area contributed by atoms with Gasteiger partial charge in [0.1, 0.15) is 0 Å². The Kier molecular flexibility index (Phi) is 4.05. The third-order valence-corrected chi connectivity index (χ3v) is 3.75. The Labute approximate surface area is 121 Å². The normalized spacial score (nSPS) is 15.0. The zero-order chi connectivity index (χ0) is 15.6. The van der Waals surface area contributed by atoms with Gasteiger partial charge in [0, 0.05) is 0 Å². The van der Waals surface area contributed by atoms with Crippen LogP contribution in [0.3, 0.4) is 0 Å². The van der Waals surface area contributed by atoms with Crippen LogP contribution in [0.15, 0.2) is 34.3 Å². The lowest BCUT2D eigenvalue weighted by Crippen LogP contribution is -2.19. The van der Waals surface area contributed by atoms with Crippen molar-refractivity contribution in [2.75, 3.05) is 12.1 Å². The van der Waals surface area contributed by atoms with Gasteiger partial charge in [-0.25, -0.2) is 18.6 Å². The number of rotatable bonds is 4. The number of ether oxygens (including phenoxy) is 1. The van der Waals surface area contributed by atoms with Crippen molar-refractivity contribution < 1.29 is 22.7 Å². The lowest BCUT2D eigenvalue weighted by molar-refractivity contribution is -0.139. The first-order valence-corrected chi connectivity index (χ1v) is 7.45. The average Bonchev–Trinajstić information content (AvgIpc) is 2.78. The van der Waals surface area contributed by atoms with Crippen molar-refractivity contribution in [2.45, 2.75) is 17.7 Å². The zero-order valence-corrected chi connectivity index (χ0v) is 12.0. The molecule has 1 heterocycles. The highest BCUT2D eigenvalue weighted by Gasteiger charge is 2.26. The quantitative estimate of drug-likeness (QED) is 0.784. The van der Waals surface area contributed by atoms with Gasteiger partial charge in [0.25, 0.3) is 5.91 Å². The molecule has 1 aliphatic heterocycles. The van der Waals surface area contributed by atoms with Crippen molar-refractivity contribution >= 4 is 33.3 Å². The van der Waals surface area contributed by atoms with Crippen LogP contribution in [0.25, 0.3) is 0 Å². The van der Waals surface area contributed by atoms with E-state index < -0.39 is 16.0 Å². The van der Waals surface area contributed by atoms with E-state index in [1.165, 1.54) is 31.4 Å². The number of hydrazone groups is 1. The first kappa shape index (κ1) is 15.1. The van der Waals surface area contributed by atoms with Crippen molar-refractivity contribution in [3.05, 3.63) is 24.3 Å². The van der Waals surface area contributed by atoms with Crippen molar-refractivity contribution in [2.24, 2.45) is 10.2 Å². The van der Waals surface area contributed by atoms with Crippen molar-refractivity contribution in [1.82, 2.24) is 0 Å². The molecule has 0 unspecified atom stereocenters. The standard InChI is InChI=1S/C12H13N3O5S/c1-20-12(17)7-8-6-11(16)15(14-8)9-2-4-10(5-3-9)21(13,18)19/h2-5H,6-7H2,1H3,(H2,13,18,19). The first-order chi connectivity index (χ1) is 9.81. The highest BCUT2D eigenvalue weighted by molar-refractivity contribution is 7.89. The van der Waals surface area contributed by atoms with E-state index in [2.05, 4.69) is 9.84 Å². The van der Waals surface area contributed by atoms with Crippen LogP contribution in [-0.4, -0.2) is 33.1 Å². The molecule has 0 aliphatic carbocycles. The summed E-state index contributed by atoms with van der Waals surface area (Å²) in [5.41, 5.74) is 0.787. The topological polar surface area (TPSA) is 119 Å². The van der Waals surface area contributed by atoms with Gasteiger partial charge in [-0.2, -0.15) is 5.10 Å². The second-order valence-corrected chi connectivity index (χ2v) is 5.90. The van der Waals surface area contributed by atoms with Gasteiger partial charge in [0.15, 0.2) is 0 Å². The summed E-state index contributed by atoms with van der Waals surface area (Å²) in [5, 5.41) is 10.1. The Bertz CT molecular complexity index is 709. The Morgan fingerprint density at radius 1 is 1.38 bits per heavy atom. The van der Waals surface area contributed by atoms with Gasteiger partial charge in [0.2, 0.25) is 10.0 Å². The minimum atomic E-state index is -3.79. The van der Waals surface area contributed by atoms with E-state index in [9.17, 15) is 18.0 Å². The van der Waals surface area contributed by atoms with Crippen LogP contribution >= 0.6 is 0 Å². The minimum absolute atomic E-state index is 0.0199. The van der Waals surface area contributed by atoms with Crippen LogP contribution in [0.5, 0.6) is 0 Å². The van der Waals surface area contributed by atoms with Crippen LogP contribution in [0.4, 0.5) is 5.69 Å². The Morgan fingerprint density at radius 2 is 2.00 bits per heavy atom. The van der Waals surface area contributed by atoms with Crippen molar-refractivity contribution in [3.63, 3.8) is 0 Å². The third kappa shape index (κ3) is 3.44. The number of carbonyl (C=O) groups is 2. The zero-order valence-electron chi connectivity index (χ0n) is 11.1. The van der Waals surface area contributed by atoms with E-state index in [0.717, 1.165) is 5.01 Å². The summed E-state index contributed by atoms with van der Waals surface area (Å²) in [4.78, 5) is 23.0. The molecule has 0 saturated heterocycles. The number of hydrogen-bond acceptors (Lipinski definition) is 6. The highest BCUT2D eigenvalue weighted by Crippen LogP contribution is 2.22. The number of carbonyl (C=O) groups excluding carboxylic acids is 2. The second-order valence-electron chi connectivity index (χ2n) is 4.34. The molecule has 2 N–H and O–H groups in total. The first-order valence-electron chi connectivity index (χ1n) is 5.90. The summed E-state index contributed by atoms with van der Waals surface area (Å²) in [7, 11) is -2.53. The Balaban J connectivity index is 2.22. The summed E-state index contributed by atoms with van der Waals surface area (Å²) >= 11 is 0. The highest BCUT2D eigenvalue weighted by atomic mass is 32.2. The number of benzene rings is 1. The summed E-state index contributed by atoms with van der Waals surface area (Å²) < 4.78 is 26.8. The predicted molar refractivity (Wildman–Crippen MR) is 74.0 cm³/mol. The van der Waals surface area contributed by atoms with E-state index in [-0.39, 0.29) is 23.6 Å². The molecule has 0 aromatic heterocycles. The second kappa shape index (κ2) is 5.62. The Morgan fingerprint density at radius 3 is 2.52 bits per heavy atom. The SMILES string of the molecule is COC(=O)CC1=NN(c2ccc(S(N)(=O)=O)cc2)C(=O)C1. The molecule has 0 fully saturated rings. The van der Waals surface area contributed by atoms with E-state index in [1.807, 2.05) is 0 Å². The van der Waals surface area contributed by atoms with Crippen molar-refractivity contribution in [1.29, 1.82) is 0 Å². The van der Waals surface area contributed by atoms with Gasteiger partial charge in [-0.15, -0.1) is 0 Å². The van der Waals surface area contributed by atoms with Crippen LogP contribution in [0.2, 0.25) is 0 Å². The minimum Gasteiger partial charge on any atom is -0.469 e. The van der Waals surface area contributed by atoms with E-state index in [0.29, 0.717) is 11.4 Å². The molecule has 1 aromatic rings. The fraction of sp³-hybridized carbons (Fsp3) is 0.250. The third-order valence-electron chi connectivity index (χ3n) is 2.82. The van der Waals surface area contributed by atoms with E-state index in [4.69, 9.17) is 5.14 Å². The van der Waals surface area contributed by atoms with Gasteiger partial charge in [0.05, 0.1) is 36.2 Å². The maximum absolute atomic E-state index is 11.9. The predicted octanol–water partition coefficient (Wildman–Crippen LogP) is -0.0102. The number of nitrogens with zero attached hydrogens (tertiary/aromatic N) is 2. The number of methoxy groups -OCH3 is 1. The summed E-state index contributed by atoms with van der Waals surface area (Å²) in [5.74, 6) is -0.787. The molecule has 1 aliphatic rings. The Hall–Kier alpha value is -2.26. The fourth-order valence-corrected chi connectivity index (χ4v) is 2.31. The lowest BCUT2D eigenvalue weighted by atomic mass is 10.2. The molecule has 21 heavy (non-hydrogen) atoms. The van der Waals surface area contributed by atoms with Crippen LogP contribution in [-0.2, 0) is 24.3 Å². The molecule has 0 bridgehead atoms. The molecule has 0 saturated carbocycles. The largest absolute Gasteiger partial charge is 0.469 e. The van der Waals surface area contributed by atoms with Crippen LogP contribution < -0.4 is 10.1 Å². The molecule has 1 amide bonds. The molecule has 1 aromatic carbocycles. The van der Waals surface area contributed by atoms with E-state index >= 15 is 0 Å². The molecular weight excluding hydrogens is 298 g/mol.